The molecule has 0 radical (unpaired) electrons. The van der Waals surface area contributed by atoms with Crippen molar-refractivity contribution in [3.63, 3.8) is 0 Å². The number of pyridine rings is 1. The van der Waals surface area contributed by atoms with E-state index in [1.54, 1.807) is 0 Å². The summed E-state index contributed by atoms with van der Waals surface area (Å²) in [5, 5.41) is 12.9. The first-order valence-corrected chi connectivity index (χ1v) is 11.0. The summed E-state index contributed by atoms with van der Waals surface area (Å²) in [4.78, 5) is 9.95. The van der Waals surface area contributed by atoms with Crippen molar-refractivity contribution in [2.45, 2.75) is 50.1 Å². The molecule has 156 valence electrons. The maximum atomic E-state index is 6.09. The predicted octanol–water partition coefficient (Wildman–Crippen LogP) is 1.88. The normalized spacial score (nSPS) is 30.5. The maximum absolute atomic E-state index is 6.09. The first kappa shape index (κ1) is 17.1. The van der Waals surface area contributed by atoms with E-state index in [0.717, 1.165) is 74.5 Å². The Morgan fingerprint density at radius 3 is 2.17 bits per heavy atom. The number of aromatic amines is 1. The van der Waals surface area contributed by atoms with Gasteiger partial charge in [0.25, 0.3) is 0 Å². The number of anilines is 2. The highest BCUT2D eigenvalue weighted by molar-refractivity contribution is 5.92. The number of rotatable bonds is 3. The molecule has 4 fully saturated rings. The summed E-state index contributed by atoms with van der Waals surface area (Å²) in [6.07, 6.45) is 9.64. The van der Waals surface area contributed by atoms with Gasteiger partial charge in [-0.3, -0.25) is 5.10 Å². The Hall–Kier alpha value is -2.65. The quantitative estimate of drug-likeness (QED) is 0.710. The number of fused-ring (bicyclic) bond motifs is 5. The van der Waals surface area contributed by atoms with Gasteiger partial charge in [0.15, 0.2) is 11.5 Å². The van der Waals surface area contributed by atoms with Crippen molar-refractivity contribution in [1.29, 1.82) is 0 Å². The summed E-state index contributed by atoms with van der Waals surface area (Å²) in [5.41, 5.74) is 2.06. The van der Waals surface area contributed by atoms with Crippen molar-refractivity contribution >= 4 is 22.5 Å². The van der Waals surface area contributed by atoms with Crippen LogP contribution in [0.1, 0.15) is 25.7 Å². The lowest BCUT2D eigenvalue weighted by Gasteiger charge is -2.36. The van der Waals surface area contributed by atoms with Crippen LogP contribution < -0.4 is 9.80 Å². The minimum atomic E-state index is 0.320. The molecule has 4 atom stereocenters. The van der Waals surface area contributed by atoms with Gasteiger partial charge in [0.1, 0.15) is 5.82 Å². The lowest BCUT2D eigenvalue weighted by molar-refractivity contribution is 0.0301. The van der Waals surface area contributed by atoms with Gasteiger partial charge in [-0.25, -0.2) is 4.98 Å². The summed E-state index contributed by atoms with van der Waals surface area (Å²) < 4.78 is 14.0. The third-order valence-corrected chi connectivity index (χ3v) is 6.96. The molecule has 0 aliphatic carbocycles. The summed E-state index contributed by atoms with van der Waals surface area (Å²) in [6, 6.07) is 4.18. The van der Waals surface area contributed by atoms with E-state index in [9.17, 15) is 0 Å². The van der Waals surface area contributed by atoms with E-state index < -0.39 is 0 Å². The highest BCUT2D eigenvalue weighted by Crippen LogP contribution is 2.37. The second-order valence-electron chi connectivity index (χ2n) is 8.95. The molecule has 3 aromatic rings. The Balaban J connectivity index is 1.36. The van der Waals surface area contributed by atoms with Crippen molar-refractivity contribution in [2.75, 3.05) is 36.0 Å². The SMILES string of the molecule is c1cc(-n2ncc3c(N4CC5CCC(C4)O5)cc(N4CC5CCC(C4)O5)nc32)n[nH]1. The van der Waals surface area contributed by atoms with Crippen LogP contribution in [0.15, 0.2) is 24.5 Å². The molecule has 4 bridgehead atoms. The molecule has 4 saturated heterocycles. The van der Waals surface area contributed by atoms with Gasteiger partial charge in [0, 0.05) is 44.5 Å². The Bertz CT molecular complexity index is 1060. The third kappa shape index (κ3) is 2.65. The van der Waals surface area contributed by atoms with Crippen LogP contribution in [-0.2, 0) is 9.47 Å². The topological polar surface area (TPSA) is 84.3 Å². The fourth-order valence-electron chi connectivity index (χ4n) is 5.55. The van der Waals surface area contributed by atoms with Gasteiger partial charge in [-0.05, 0) is 25.7 Å². The van der Waals surface area contributed by atoms with E-state index in [2.05, 4.69) is 31.2 Å². The number of aromatic nitrogens is 5. The van der Waals surface area contributed by atoms with Crippen molar-refractivity contribution in [1.82, 2.24) is 25.0 Å². The molecule has 1 N–H and O–H groups in total. The summed E-state index contributed by atoms with van der Waals surface area (Å²) in [7, 11) is 0. The molecule has 0 amide bonds. The van der Waals surface area contributed by atoms with E-state index in [0.29, 0.717) is 24.4 Å². The Labute approximate surface area is 173 Å². The van der Waals surface area contributed by atoms with Gasteiger partial charge in [-0.15, -0.1) is 0 Å². The molecule has 9 nitrogen and oxygen atoms in total. The summed E-state index contributed by atoms with van der Waals surface area (Å²) >= 11 is 0. The molecule has 4 aliphatic rings. The lowest BCUT2D eigenvalue weighted by Crippen LogP contribution is -2.44. The lowest BCUT2D eigenvalue weighted by atomic mass is 10.2. The number of ether oxygens (including phenoxy) is 2. The number of H-pyrrole nitrogens is 1. The fraction of sp³-hybridized carbons (Fsp3) is 0.571. The van der Waals surface area contributed by atoms with Crippen molar-refractivity contribution < 1.29 is 9.47 Å². The molecule has 4 aliphatic heterocycles. The molecule has 7 heterocycles. The standard InChI is InChI=1S/C21H25N7O2/c1-2-14-10-26(9-13(1)29-14)18-7-20(27-11-15-3-4-16(12-27)30-15)24-21-17(18)8-23-28(21)19-5-6-22-25-19/h5-8,13-16H,1-4,9-12H2,(H,22,25). The van der Waals surface area contributed by atoms with Crippen LogP contribution in [0.3, 0.4) is 0 Å². The van der Waals surface area contributed by atoms with Crippen molar-refractivity contribution in [2.24, 2.45) is 0 Å². The van der Waals surface area contributed by atoms with Crippen LogP contribution in [0.25, 0.3) is 16.9 Å². The average Bonchev–Trinajstić information content (AvgIpc) is 3.55. The molecular weight excluding hydrogens is 382 g/mol. The minimum absolute atomic E-state index is 0.320. The molecule has 7 rings (SSSR count). The highest BCUT2D eigenvalue weighted by atomic mass is 16.5. The molecule has 0 aromatic carbocycles. The van der Waals surface area contributed by atoms with E-state index in [1.807, 2.05) is 23.1 Å². The molecule has 9 heteroatoms. The second kappa shape index (κ2) is 6.42. The fourth-order valence-corrected chi connectivity index (χ4v) is 5.55. The van der Waals surface area contributed by atoms with Crippen LogP contribution >= 0.6 is 0 Å². The van der Waals surface area contributed by atoms with E-state index >= 15 is 0 Å². The number of hydrogen-bond acceptors (Lipinski definition) is 7. The predicted molar refractivity (Wildman–Crippen MR) is 111 cm³/mol. The number of morpholine rings is 2. The number of nitrogens with one attached hydrogen (secondary N) is 1. The maximum Gasteiger partial charge on any atom is 0.177 e. The Kier molecular flexibility index (Phi) is 3.65. The zero-order valence-corrected chi connectivity index (χ0v) is 16.8. The average molecular weight is 407 g/mol. The monoisotopic (exact) mass is 407 g/mol. The van der Waals surface area contributed by atoms with Gasteiger partial charge in [0.2, 0.25) is 0 Å². The molecule has 30 heavy (non-hydrogen) atoms. The van der Waals surface area contributed by atoms with Gasteiger partial charge in [-0.2, -0.15) is 14.9 Å². The van der Waals surface area contributed by atoms with E-state index in [-0.39, 0.29) is 0 Å². The van der Waals surface area contributed by atoms with Crippen LogP contribution in [-0.4, -0.2) is 75.6 Å². The molecule has 4 unspecified atom stereocenters. The number of hydrogen-bond donors (Lipinski definition) is 1. The Morgan fingerprint density at radius 2 is 1.53 bits per heavy atom. The largest absolute Gasteiger partial charge is 0.371 e. The van der Waals surface area contributed by atoms with Gasteiger partial charge >= 0.3 is 0 Å². The summed E-state index contributed by atoms with van der Waals surface area (Å²) in [5.74, 6) is 1.76. The van der Waals surface area contributed by atoms with Crippen LogP contribution in [0.2, 0.25) is 0 Å². The van der Waals surface area contributed by atoms with Crippen LogP contribution in [0.4, 0.5) is 11.5 Å². The minimum Gasteiger partial charge on any atom is -0.371 e. The number of nitrogens with zero attached hydrogens (tertiary/aromatic N) is 6. The van der Waals surface area contributed by atoms with Crippen LogP contribution in [0.5, 0.6) is 0 Å². The molecule has 0 spiro atoms. The van der Waals surface area contributed by atoms with Gasteiger partial charge in [-0.1, -0.05) is 0 Å². The van der Waals surface area contributed by atoms with Crippen LogP contribution in [0, 0.1) is 0 Å². The van der Waals surface area contributed by atoms with Gasteiger partial charge < -0.3 is 19.3 Å². The first-order valence-electron chi connectivity index (χ1n) is 11.0. The van der Waals surface area contributed by atoms with E-state index in [1.165, 1.54) is 5.69 Å². The van der Waals surface area contributed by atoms with Crippen molar-refractivity contribution in [3.8, 4) is 5.82 Å². The zero-order chi connectivity index (χ0) is 19.7. The first-order chi connectivity index (χ1) is 14.8. The zero-order valence-electron chi connectivity index (χ0n) is 16.8. The smallest absolute Gasteiger partial charge is 0.177 e. The summed E-state index contributed by atoms with van der Waals surface area (Å²) in [6.45, 7) is 3.66. The van der Waals surface area contributed by atoms with Crippen molar-refractivity contribution in [3.05, 3.63) is 24.5 Å². The highest BCUT2D eigenvalue weighted by Gasteiger charge is 2.37. The van der Waals surface area contributed by atoms with E-state index in [4.69, 9.17) is 14.5 Å². The van der Waals surface area contributed by atoms with Gasteiger partial charge in [0.05, 0.1) is 41.7 Å². The molecule has 3 aromatic heterocycles. The third-order valence-electron chi connectivity index (χ3n) is 6.96. The molecule has 0 saturated carbocycles. The molecular formula is C21H25N7O2. The second-order valence-corrected chi connectivity index (χ2v) is 8.95. The Morgan fingerprint density at radius 1 is 0.867 bits per heavy atom.